The third-order valence-electron chi connectivity index (χ3n) is 2.62. The van der Waals surface area contributed by atoms with Crippen LogP contribution in [0.3, 0.4) is 0 Å². The van der Waals surface area contributed by atoms with Crippen molar-refractivity contribution >= 4 is 28.5 Å². The smallest absolute Gasteiger partial charge is 0.225 e. The number of aromatic nitrogens is 2. The van der Waals surface area contributed by atoms with Gasteiger partial charge in [-0.2, -0.15) is 0 Å². The standard InChI is InChI=1S/C11H19IN4/c1-3-10(4-2)16(6-5-13)11-14-7-9(12)8-15-11/h7-8,10H,3-6,13H2,1-2H3. The SMILES string of the molecule is CCC(CC)N(CCN)c1ncc(I)cn1. The molecule has 0 aliphatic heterocycles. The van der Waals surface area contributed by atoms with Gasteiger partial charge in [0, 0.05) is 35.1 Å². The monoisotopic (exact) mass is 334 g/mol. The summed E-state index contributed by atoms with van der Waals surface area (Å²) in [7, 11) is 0. The molecule has 4 nitrogen and oxygen atoms in total. The van der Waals surface area contributed by atoms with E-state index in [1.807, 2.05) is 12.4 Å². The van der Waals surface area contributed by atoms with Gasteiger partial charge in [0.05, 0.1) is 0 Å². The molecule has 1 aromatic heterocycles. The average molecular weight is 334 g/mol. The van der Waals surface area contributed by atoms with Crippen LogP contribution in [0, 0.1) is 3.57 Å². The molecule has 0 aliphatic rings. The maximum atomic E-state index is 5.65. The number of nitrogens with zero attached hydrogens (tertiary/aromatic N) is 3. The summed E-state index contributed by atoms with van der Waals surface area (Å²) in [5.74, 6) is 0.791. The van der Waals surface area contributed by atoms with Crippen molar-refractivity contribution in [1.29, 1.82) is 0 Å². The van der Waals surface area contributed by atoms with Gasteiger partial charge in [0.2, 0.25) is 5.95 Å². The highest BCUT2D eigenvalue weighted by Crippen LogP contribution is 2.15. The van der Waals surface area contributed by atoms with Gasteiger partial charge >= 0.3 is 0 Å². The fraction of sp³-hybridized carbons (Fsp3) is 0.636. The summed E-state index contributed by atoms with van der Waals surface area (Å²) in [5.41, 5.74) is 5.65. The lowest BCUT2D eigenvalue weighted by Gasteiger charge is -2.30. The molecule has 5 heteroatoms. The summed E-state index contributed by atoms with van der Waals surface area (Å²) in [6, 6.07) is 0.476. The van der Waals surface area contributed by atoms with Crippen LogP contribution in [0.15, 0.2) is 12.4 Å². The first-order valence-electron chi connectivity index (χ1n) is 5.67. The van der Waals surface area contributed by atoms with Gasteiger partial charge in [-0.15, -0.1) is 0 Å². The van der Waals surface area contributed by atoms with Gasteiger partial charge in [0.25, 0.3) is 0 Å². The Morgan fingerprint density at radius 3 is 2.31 bits per heavy atom. The van der Waals surface area contributed by atoms with E-state index < -0.39 is 0 Å². The first-order chi connectivity index (χ1) is 7.72. The van der Waals surface area contributed by atoms with Crippen LogP contribution in [-0.4, -0.2) is 29.1 Å². The van der Waals surface area contributed by atoms with E-state index in [1.165, 1.54) is 0 Å². The van der Waals surface area contributed by atoms with Gasteiger partial charge in [0.15, 0.2) is 0 Å². The third-order valence-corrected chi connectivity index (χ3v) is 3.17. The van der Waals surface area contributed by atoms with Crippen molar-refractivity contribution in [3.63, 3.8) is 0 Å². The minimum Gasteiger partial charge on any atom is -0.337 e. The average Bonchev–Trinajstić information content (AvgIpc) is 2.31. The molecule has 0 saturated heterocycles. The number of hydrogen-bond acceptors (Lipinski definition) is 4. The lowest BCUT2D eigenvalue weighted by molar-refractivity contribution is 0.548. The molecule has 16 heavy (non-hydrogen) atoms. The maximum absolute atomic E-state index is 5.65. The number of hydrogen-bond donors (Lipinski definition) is 1. The Hall–Kier alpha value is -0.430. The molecule has 0 amide bonds. The molecule has 0 radical (unpaired) electrons. The molecule has 1 heterocycles. The van der Waals surface area contributed by atoms with Crippen molar-refractivity contribution in [2.24, 2.45) is 5.73 Å². The van der Waals surface area contributed by atoms with Crippen LogP contribution in [0.2, 0.25) is 0 Å². The van der Waals surface area contributed by atoms with Crippen LogP contribution in [0.1, 0.15) is 26.7 Å². The fourth-order valence-corrected chi connectivity index (χ4v) is 2.05. The van der Waals surface area contributed by atoms with E-state index in [-0.39, 0.29) is 0 Å². The summed E-state index contributed by atoms with van der Waals surface area (Å²) >= 11 is 2.21. The van der Waals surface area contributed by atoms with E-state index in [9.17, 15) is 0 Å². The minimum absolute atomic E-state index is 0.476. The van der Waals surface area contributed by atoms with Crippen molar-refractivity contribution < 1.29 is 0 Å². The van der Waals surface area contributed by atoms with Crippen LogP contribution in [0.25, 0.3) is 0 Å². The largest absolute Gasteiger partial charge is 0.337 e. The van der Waals surface area contributed by atoms with Crippen molar-refractivity contribution in [2.75, 3.05) is 18.0 Å². The Kier molecular flexibility index (Phi) is 5.97. The lowest BCUT2D eigenvalue weighted by Crippen LogP contribution is -2.39. The van der Waals surface area contributed by atoms with E-state index in [0.29, 0.717) is 12.6 Å². The van der Waals surface area contributed by atoms with Gasteiger partial charge in [-0.1, -0.05) is 13.8 Å². The van der Waals surface area contributed by atoms with Gasteiger partial charge in [0.1, 0.15) is 0 Å². The summed E-state index contributed by atoms with van der Waals surface area (Å²) in [4.78, 5) is 10.9. The van der Waals surface area contributed by atoms with Gasteiger partial charge in [-0.05, 0) is 35.4 Å². The zero-order valence-corrected chi connectivity index (χ0v) is 12.0. The summed E-state index contributed by atoms with van der Waals surface area (Å²) < 4.78 is 1.05. The second kappa shape index (κ2) is 7.01. The molecule has 0 aliphatic carbocycles. The zero-order valence-electron chi connectivity index (χ0n) is 9.86. The topological polar surface area (TPSA) is 55.0 Å². The maximum Gasteiger partial charge on any atom is 0.225 e. The van der Waals surface area contributed by atoms with Crippen molar-refractivity contribution in [1.82, 2.24) is 9.97 Å². The molecule has 0 aromatic carbocycles. The van der Waals surface area contributed by atoms with E-state index in [1.54, 1.807) is 0 Å². The first-order valence-corrected chi connectivity index (χ1v) is 6.75. The van der Waals surface area contributed by atoms with Gasteiger partial charge < -0.3 is 10.6 Å². The van der Waals surface area contributed by atoms with Gasteiger partial charge in [-0.3, -0.25) is 0 Å². The van der Waals surface area contributed by atoms with E-state index >= 15 is 0 Å². The molecule has 0 fully saturated rings. The number of halogens is 1. The second-order valence-electron chi connectivity index (χ2n) is 3.65. The molecule has 0 atom stereocenters. The Morgan fingerprint density at radius 2 is 1.88 bits per heavy atom. The molecular weight excluding hydrogens is 315 g/mol. The van der Waals surface area contributed by atoms with Gasteiger partial charge in [-0.25, -0.2) is 9.97 Å². The third kappa shape index (κ3) is 3.55. The van der Waals surface area contributed by atoms with E-state index in [4.69, 9.17) is 5.73 Å². The molecule has 0 saturated carbocycles. The van der Waals surface area contributed by atoms with Crippen molar-refractivity contribution in [3.8, 4) is 0 Å². The Labute approximate surface area is 111 Å². The zero-order chi connectivity index (χ0) is 12.0. The molecule has 0 unspecified atom stereocenters. The summed E-state index contributed by atoms with van der Waals surface area (Å²) in [5, 5.41) is 0. The Balaban J connectivity index is 2.87. The number of rotatable bonds is 6. The predicted octanol–water partition coefficient (Wildman–Crippen LogP) is 2.03. The Bertz CT molecular complexity index is 297. The Morgan fingerprint density at radius 1 is 1.31 bits per heavy atom. The van der Waals surface area contributed by atoms with Crippen LogP contribution in [-0.2, 0) is 0 Å². The van der Waals surface area contributed by atoms with Crippen molar-refractivity contribution in [3.05, 3.63) is 16.0 Å². The number of anilines is 1. The molecule has 1 aromatic rings. The lowest BCUT2D eigenvalue weighted by atomic mass is 10.1. The second-order valence-corrected chi connectivity index (χ2v) is 4.90. The minimum atomic E-state index is 0.476. The predicted molar refractivity (Wildman–Crippen MR) is 75.5 cm³/mol. The summed E-state index contributed by atoms with van der Waals surface area (Å²) in [6.45, 7) is 5.81. The van der Waals surface area contributed by atoms with Crippen LogP contribution < -0.4 is 10.6 Å². The van der Waals surface area contributed by atoms with Crippen molar-refractivity contribution in [2.45, 2.75) is 32.7 Å². The fourth-order valence-electron chi connectivity index (χ4n) is 1.77. The number of nitrogens with two attached hydrogens (primary N) is 1. The van der Waals surface area contributed by atoms with Crippen LogP contribution >= 0.6 is 22.6 Å². The molecule has 1 rings (SSSR count). The van der Waals surface area contributed by atoms with Crippen LogP contribution in [0.5, 0.6) is 0 Å². The molecule has 2 N–H and O–H groups in total. The highest BCUT2D eigenvalue weighted by Gasteiger charge is 2.16. The molecule has 0 spiro atoms. The quantitative estimate of drug-likeness (QED) is 0.809. The molecular formula is C11H19IN4. The highest BCUT2D eigenvalue weighted by atomic mass is 127. The van der Waals surface area contributed by atoms with Crippen LogP contribution in [0.4, 0.5) is 5.95 Å². The highest BCUT2D eigenvalue weighted by molar-refractivity contribution is 14.1. The molecule has 90 valence electrons. The van der Waals surface area contributed by atoms with E-state index in [0.717, 1.165) is 28.9 Å². The normalized spacial score (nSPS) is 10.8. The molecule has 0 bridgehead atoms. The summed E-state index contributed by atoms with van der Waals surface area (Å²) in [6.07, 6.45) is 5.86. The van der Waals surface area contributed by atoms with E-state index in [2.05, 4.69) is 51.3 Å². The first kappa shape index (κ1) is 13.6.